The molecule has 1 aromatic rings. The second-order valence-electron chi connectivity index (χ2n) is 5.80. The first-order chi connectivity index (χ1) is 10.0. The fourth-order valence-electron chi connectivity index (χ4n) is 2.92. The van der Waals surface area contributed by atoms with E-state index in [1.807, 2.05) is 12.1 Å². The third kappa shape index (κ3) is 2.98. The Kier molecular flexibility index (Phi) is 4.02. The molecule has 0 fully saturated rings. The van der Waals surface area contributed by atoms with Crippen molar-refractivity contribution in [2.75, 3.05) is 5.32 Å². The van der Waals surface area contributed by atoms with Crippen LogP contribution in [0.1, 0.15) is 31.7 Å². The van der Waals surface area contributed by atoms with E-state index >= 15 is 0 Å². The maximum Gasteiger partial charge on any atom is 0.256 e. The van der Waals surface area contributed by atoms with E-state index in [1.165, 1.54) is 11.1 Å². The maximum absolute atomic E-state index is 12.2. The zero-order valence-corrected chi connectivity index (χ0v) is 14.2. The smallest absolute Gasteiger partial charge is 0.256 e. The first-order valence-electron chi connectivity index (χ1n) is 7.22. The highest BCUT2D eigenvalue weighted by atomic mass is 127. The van der Waals surface area contributed by atoms with E-state index in [0.29, 0.717) is 5.92 Å². The van der Waals surface area contributed by atoms with Gasteiger partial charge in [0.25, 0.3) is 5.91 Å². The van der Waals surface area contributed by atoms with Gasteiger partial charge in [-0.3, -0.25) is 4.79 Å². The van der Waals surface area contributed by atoms with Crippen LogP contribution in [0.15, 0.2) is 48.1 Å². The average molecular weight is 391 g/mol. The summed E-state index contributed by atoms with van der Waals surface area (Å²) in [7, 11) is 0. The lowest BCUT2D eigenvalue weighted by Gasteiger charge is -2.20. The number of nitrogens with one attached hydrogen (secondary N) is 1. The molecule has 0 spiro atoms. The summed E-state index contributed by atoms with van der Waals surface area (Å²) in [5.74, 6) is 0.604. The Morgan fingerprint density at radius 1 is 1.48 bits per heavy atom. The number of carbonyl (C=O) groups excluding carboxylic acids is 1. The van der Waals surface area contributed by atoms with Crippen LogP contribution >= 0.6 is 22.6 Å². The highest BCUT2D eigenvalue weighted by Gasteiger charge is 2.25. The molecule has 1 heterocycles. The lowest BCUT2D eigenvalue weighted by molar-refractivity contribution is -0.110. The van der Waals surface area contributed by atoms with Crippen LogP contribution in [-0.4, -0.2) is 5.91 Å². The summed E-state index contributed by atoms with van der Waals surface area (Å²) in [6, 6.07) is 6.06. The standard InChI is InChI=1S/C18H18INO/c1-11(2)13-5-3-12(4-6-13)9-16-15-10-14(19)7-8-17(15)20-18(16)21/h3,7-10,13H,1,4-6H2,2H3,(H,20,21). The molecule has 0 radical (unpaired) electrons. The van der Waals surface area contributed by atoms with Gasteiger partial charge >= 0.3 is 0 Å². The molecule has 21 heavy (non-hydrogen) atoms. The van der Waals surface area contributed by atoms with Gasteiger partial charge in [0.05, 0.1) is 0 Å². The molecule has 0 saturated carbocycles. The number of amides is 1. The van der Waals surface area contributed by atoms with E-state index in [9.17, 15) is 4.79 Å². The number of allylic oxidation sites excluding steroid dienone is 4. The second-order valence-corrected chi connectivity index (χ2v) is 7.04. The van der Waals surface area contributed by atoms with E-state index in [0.717, 1.165) is 39.7 Å². The average Bonchev–Trinajstić information content (AvgIpc) is 2.76. The Labute approximate surface area is 139 Å². The van der Waals surface area contributed by atoms with Crippen LogP contribution in [0.5, 0.6) is 0 Å². The van der Waals surface area contributed by atoms with Crippen LogP contribution in [0.3, 0.4) is 0 Å². The van der Waals surface area contributed by atoms with Gasteiger partial charge in [-0.25, -0.2) is 0 Å². The van der Waals surface area contributed by atoms with E-state index in [1.54, 1.807) is 0 Å². The highest BCUT2D eigenvalue weighted by molar-refractivity contribution is 14.1. The fourth-order valence-corrected chi connectivity index (χ4v) is 3.41. The first-order valence-corrected chi connectivity index (χ1v) is 8.30. The van der Waals surface area contributed by atoms with Crippen LogP contribution < -0.4 is 5.32 Å². The summed E-state index contributed by atoms with van der Waals surface area (Å²) in [5.41, 5.74) is 5.27. The van der Waals surface area contributed by atoms with Gasteiger partial charge in [-0.05, 0) is 79.0 Å². The number of benzene rings is 1. The maximum atomic E-state index is 12.2. The number of hydrogen-bond donors (Lipinski definition) is 1. The van der Waals surface area contributed by atoms with E-state index < -0.39 is 0 Å². The summed E-state index contributed by atoms with van der Waals surface area (Å²) in [4.78, 5) is 12.2. The number of fused-ring (bicyclic) bond motifs is 1. The second kappa shape index (κ2) is 5.79. The van der Waals surface area contributed by atoms with Crippen molar-refractivity contribution in [1.29, 1.82) is 0 Å². The van der Waals surface area contributed by atoms with Crippen molar-refractivity contribution in [1.82, 2.24) is 0 Å². The molecule has 1 amide bonds. The molecule has 1 aromatic carbocycles. The third-order valence-corrected chi connectivity index (χ3v) is 4.91. The van der Waals surface area contributed by atoms with Crippen LogP contribution in [0.4, 0.5) is 5.69 Å². The molecule has 1 aliphatic heterocycles. The van der Waals surface area contributed by atoms with Gasteiger partial charge in [-0.15, -0.1) is 0 Å². The third-order valence-electron chi connectivity index (χ3n) is 4.24. The molecule has 2 nitrogen and oxygen atoms in total. The largest absolute Gasteiger partial charge is 0.321 e. The SMILES string of the molecule is C=C(C)C1CC=C(C=C2C(=O)Nc3ccc(I)cc32)CC1. The molecule has 0 saturated heterocycles. The molecule has 1 aliphatic carbocycles. The van der Waals surface area contributed by atoms with Crippen LogP contribution in [0.25, 0.3) is 5.57 Å². The zero-order chi connectivity index (χ0) is 15.0. The molecule has 1 unspecified atom stereocenters. The molecular formula is C18H18INO. The molecule has 1 N–H and O–H groups in total. The van der Waals surface area contributed by atoms with Gasteiger partial charge in [0.1, 0.15) is 0 Å². The van der Waals surface area contributed by atoms with E-state index in [2.05, 4.69) is 59.6 Å². The van der Waals surface area contributed by atoms with Gasteiger partial charge in [0.2, 0.25) is 0 Å². The number of hydrogen-bond acceptors (Lipinski definition) is 1. The van der Waals surface area contributed by atoms with Gasteiger partial charge < -0.3 is 5.32 Å². The van der Waals surface area contributed by atoms with E-state index in [-0.39, 0.29) is 5.91 Å². The topological polar surface area (TPSA) is 29.1 Å². The normalized spacial score (nSPS) is 22.8. The van der Waals surface area contributed by atoms with Crippen LogP contribution in [0, 0.1) is 9.49 Å². The molecule has 0 aromatic heterocycles. The van der Waals surface area contributed by atoms with Crippen molar-refractivity contribution < 1.29 is 4.79 Å². The van der Waals surface area contributed by atoms with Crippen molar-refractivity contribution >= 4 is 39.8 Å². The Hall–Kier alpha value is -1.36. The molecule has 3 heteroatoms. The van der Waals surface area contributed by atoms with E-state index in [4.69, 9.17) is 0 Å². The Morgan fingerprint density at radius 2 is 2.29 bits per heavy atom. The first kappa shape index (κ1) is 14.6. The zero-order valence-electron chi connectivity index (χ0n) is 12.1. The van der Waals surface area contributed by atoms with Crippen molar-refractivity contribution in [3.8, 4) is 0 Å². The van der Waals surface area contributed by atoms with Crippen LogP contribution in [-0.2, 0) is 4.79 Å². The molecule has 3 rings (SSSR count). The summed E-state index contributed by atoms with van der Waals surface area (Å²) in [6.07, 6.45) is 7.51. The Balaban J connectivity index is 1.90. The minimum Gasteiger partial charge on any atom is -0.321 e. The number of halogens is 1. The highest BCUT2D eigenvalue weighted by Crippen LogP contribution is 2.36. The minimum absolute atomic E-state index is 0.00919. The molecule has 1 atom stereocenters. The van der Waals surface area contributed by atoms with Gasteiger partial charge in [0.15, 0.2) is 0 Å². The lowest BCUT2D eigenvalue weighted by atomic mass is 9.85. The quantitative estimate of drug-likeness (QED) is 0.432. The van der Waals surface area contributed by atoms with Crippen LogP contribution in [0.2, 0.25) is 0 Å². The summed E-state index contributed by atoms with van der Waals surface area (Å²) >= 11 is 2.28. The minimum atomic E-state index is 0.00919. The lowest BCUT2D eigenvalue weighted by Crippen LogP contribution is -2.07. The molecular weight excluding hydrogens is 373 g/mol. The molecule has 2 aliphatic rings. The van der Waals surface area contributed by atoms with Gasteiger partial charge in [-0.1, -0.05) is 23.8 Å². The predicted molar refractivity (Wildman–Crippen MR) is 96.0 cm³/mol. The monoisotopic (exact) mass is 391 g/mol. The Morgan fingerprint density at radius 3 is 2.95 bits per heavy atom. The fraction of sp³-hybridized carbons (Fsp3) is 0.278. The number of carbonyl (C=O) groups is 1. The summed E-state index contributed by atoms with van der Waals surface area (Å²) in [6.45, 7) is 6.15. The number of anilines is 1. The van der Waals surface area contributed by atoms with Gasteiger partial charge in [0, 0.05) is 20.4 Å². The molecule has 108 valence electrons. The summed E-state index contributed by atoms with van der Waals surface area (Å²) in [5, 5.41) is 2.94. The Bertz CT molecular complexity index is 684. The van der Waals surface area contributed by atoms with Crippen molar-refractivity contribution in [2.24, 2.45) is 5.92 Å². The van der Waals surface area contributed by atoms with Crippen molar-refractivity contribution in [3.63, 3.8) is 0 Å². The van der Waals surface area contributed by atoms with Gasteiger partial charge in [-0.2, -0.15) is 0 Å². The van der Waals surface area contributed by atoms with Crippen molar-refractivity contribution in [2.45, 2.75) is 26.2 Å². The predicted octanol–water partition coefficient (Wildman–Crippen LogP) is 4.93. The summed E-state index contributed by atoms with van der Waals surface area (Å²) < 4.78 is 1.15. The number of rotatable bonds is 2. The van der Waals surface area contributed by atoms with Crippen molar-refractivity contribution in [3.05, 3.63) is 57.2 Å². The molecule has 0 bridgehead atoms.